The maximum atomic E-state index is 11.6. The lowest BCUT2D eigenvalue weighted by atomic mass is 10.3. The van der Waals surface area contributed by atoms with Crippen LogP contribution in [0.25, 0.3) is 11.2 Å². The van der Waals surface area contributed by atoms with E-state index in [2.05, 4.69) is 9.97 Å². The average Bonchev–Trinajstić information content (AvgIpc) is 2.75. The number of hydrogen-bond donors (Lipinski definition) is 0. The minimum Gasteiger partial charge on any atom is -0.467 e. The van der Waals surface area contributed by atoms with Crippen molar-refractivity contribution in [3.05, 3.63) is 24.2 Å². The van der Waals surface area contributed by atoms with E-state index < -0.39 is 6.04 Å². The lowest BCUT2D eigenvalue weighted by molar-refractivity contribution is -0.143. The fraction of sp³-hybridized carbons (Fsp3) is 0.364. The monoisotopic (exact) mass is 253 g/mol. The SMILES string of the molecule is COC(=O)C(C)n1c(CCl)nc2cccnc21. The summed E-state index contributed by atoms with van der Waals surface area (Å²) in [5, 5.41) is 0. The van der Waals surface area contributed by atoms with Gasteiger partial charge in [0, 0.05) is 6.20 Å². The molecule has 0 spiro atoms. The molecule has 0 aromatic carbocycles. The largest absolute Gasteiger partial charge is 0.467 e. The van der Waals surface area contributed by atoms with Crippen LogP contribution in [-0.2, 0) is 15.4 Å². The Labute approximate surface area is 103 Å². The molecule has 2 aromatic rings. The van der Waals surface area contributed by atoms with Gasteiger partial charge in [-0.05, 0) is 19.1 Å². The first-order valence-electron chi connectivity index (χ1n) is 5.14. The number of imidazole rings is 1. The molecule has 2 aromatic heterocycles. The van der Waals surface area contributed by atoms with E-state index in [0.717, 1.165) is 5.52 Å². The van der Waals surface area contributed by atoms with Gasteiger partial charge in [-0.15, -0.1) is 11.6 Å². The van der Waals surface area contributed by atoms with Crippen LogP contribution in [0, 0.1) is 0 Å². The minimum atomic E-state index is -0.492. The summed E-state index contributed by atoms with van der Waals surface area (Å²) < 4.78 is 6.43. The van der Waals surface area contributed by atoms with Gasteiger partial charge < -0.3 is 4.74 Å². The van der Waals surface area contributed by atoms with Crippen molar-refractivity contribution in [2.24, 2.45) is 0 Å². The van der Waals surface area contributed by atoms with E-state index in [9.17, 15) is 4.79 Å². The van der Waals surface area contributed by atoms with Gasteiger partial charge >= 0.3 is 5.97 Å². The molecule has 0 aliphatic heterocycles. The molecule has 0 aliphatic carbocycles. The van der Waals surface area contributed by atoms with Gasteiger partial charge in [-0.25, -0.2) is 14.8 Å². The molecule has 2 rings (SSSR count). The summed E-state index contributed by atoms with van der Waals surface area (Å²) in [6.45, 7) is 1.73. The fourth-order valence-corrected chi connectivity index (χ4v) is 1.94. The minimum absolute atomic E-state index is 0.220. The van der Waals surface area contributed by atoms with Crippen LogP contribution < -0.4 is 0 Å². The molecular weight excluding hydrogens is 242 g/mol. The Hall–Kier alpha value is -1.62. The molecule has 1 atom stereocenters. The van der Waals surface area contributed by atoms with Gasteiger partial charge in [0.2, 0.25) is 0 Å². The molecule has 0 aliphatic rings. The van der Waals surface area contributed by atoms with Crippen LogP contribution in [0.1, 0.15) is 18.8 Å². The number of pyridine rings is 1. The first-order chi connectivity index (χ1) is 8.19. The number of ether oxygens (including phenoxy) is 1. The third-order valence-corrected chi connectivity index (χ3v) is 2.81. The quantitative estimate of drug-likeness (QED) is 0.619. The summed E-state index contributed by atoms with van der Waals surface area (Å²) in [5.74, 6) is 0.483. The third-order valence-electron chi connectivity index (χ3n) is 2.57. The number of carbonyl (C=O) groups is 1. The van der Waals surface area contributed by atoms with Crippen molar-refractivity contribution in [1.29, 1.82) is 0 Å². The number of rotatable bonds is 3. The maximum absolute atomic E-state index is 11.6. The Bertz CT molecular complexity index is 553. The lowest BCUT2D eigenvalue weighted by Gasteiger charge is -2.13. The zero-order valence-corrected chi connectivity index (χ0v) is 10.3. The average molecular weight is 254 g/mol. The predicted octanol–water partition coefficient (Wildman–Crippen LogP) is 1.90. The smallest absolute Gasteiger partial charge is 0.328 e. The van der Waals surface area contributed by atoms with Crippen molar-refractivity contribution < 1.29 is 9.53 Å². The van der Waals surface area contributed by atoms with Gasteiger partial charge in [-0.2, -0.15) is 0 Å². The number of esters is 1. The molecule has 0 bridgehead atoms. The van der Waals surface area contributed by atoms with Crippen molar-refractivity contribution >= 4 is 28.7 Å². The maximum Gasteiger partial charge on any atom is 0.328 e. The van der Waals surface area contributed by atoms with Crippen LogP contribution >= 0.6 is 11.6 Å². The van der Waals surface area contributed by atoms with Crippen molar-refractivity contribution in [2.45, 2.75) is 18.8 Å². The van der Waals surface area contributed by atoms with Crippen LogP contribution in [0.2, 0.25) is 0 Å². The van der Waals surface area contributed by atoms with Crippen LogP contribution in [0.15, 0.2) is 18.3 Å². The van der Waals surface area contributed by atoms with Crippen molar-refractivity contribution in [2.75, 3.05) is 7.11 Å². The summed E-state index contributed by atoms with van der Waals surface area (Å²) >= 11 is 5.83. The zero-order valence-electron chi connectivity index (χ0n) is 9.55. The Morgan fingerprint density at radius 3 is 3.06 bits per heavy atom. The second-order valence-electron chi connectivity index (χ2n) is 3.58. The van der Waals surface area contributed by atoms with Gasteiger partial charge in [0.1, 0.15) is 17.4 Å². The second kappa shape index (κ2) is 4.71. The van der Waals surface area contributed by atoms with E-state index >= 15 is 0 Å². The highest BCUT2D eigenvalue weighted by molar-refractivity contribution is 6.16. The van der Waals surface area contributed by atoms with E-state index in [1.54, 1.807) is 23.8 Å². The van der Waals surface area contributed by atoms with Gasteiger partial charge in [-0.1, -0.05) is 0 Å². The van der Waals surface area contributed by atoms with Crippen molar-refractivity contribution in [3.8, 4) is 0 Å². The topological polar surface area (TPSA) is 57.0 Å². The van der Waals surface area contributed by atoms with Gasteiger partial charge in [0.15, 0.2) is 5.65 Å². The summed E-state index contributed by atoms with van der Waals surface area (Å²) in [6, 6.07) is 3.13. The van der Waals surface area contributed by atoms with Crippen LogP contribution in [0.4, 0.5) is 0 Å². The van der Waals surface area contributed by atoms with E-state index in [-0.39, 0.29) is 11.8 Å². The van der Waals surface area contributed by atoms with Crippen molar-refractivity contribution in [1.82, 2.24) is 14.5 Å². The summed E-state index contributed by atoms with van der Waals surface area (Å²) in [6.07, 6.45) is 1.66. The summed E-state index contributed by atoms with van der Waals surface area (Å²) in [5.41, 5.74) is 1.36. The molecule has 0 N–H and O–H groups in total. The number of hydrogen-bond acceptors (Lipinski definition) is 4. The Balaban J connectivity index is 2.61. The van der Waals surface area contributed by atoms with E-state index in [1.807, 2.05) is 6.07 Å². The predicted molar refractivity (Wildman–Crippen MR) is 63.8 cm³/mol. The van der Waals surface area contributed by atoms with Crippen molar-refractivity contribution in [3.63, 3.8) is 0 Å². The normalized spacial score (nSPS) is 12.6. The molecule has 2 heterocycles. The Morgan fingerprint density at radius 2 is 2.41 bits per heavy atom. The number of methoxy groups -OCH3 is 1. The number of carbonyl (C=O) groups excluding carboxylic acids is 1. The van der Waals surface area contributed by atoms with E-state index in [4.69, 9.17) is 16.3 Å². The first-order valence-corrected chi connectivity index (χ1v) is 5.68. The van der Waals surface area contributed by atoms with Crippen LogP contribution in [0.5, 0.6) is 0 Å². The highest BCUT2D eigenvalue weighted by atomic mass is 35.5. The Morgan fingerprint density at radius 1 is 1.65 bits per heavy atom. The fourth-order valence-electron chi connectivity index (χ4n) is 1.75. The highest BCUT2D eigenvalue weighted by Gasteiger charge is 2.22. The molecule has 0 amide bonds. The van der Waals surface area contributed by atoms with Gasteiger partial charge in [0.05, 0.1) is 13.0 Å². The standard InChI is InChI=1S/C11H12ClN3O2/c1-7(11(16)17-2)15-9(6-12)14-8-4-3-5-13-10(8)15/h3-5,7H,6H2,1-2H3. The molecule has 0 saturated heterocycles. The molecule has 1 unspecified atom stereocenters. The number of fused-ring (bicyclic) bond motifs is 1. The summed E-state index contributed by atoms with van der Waals surface area (Å²) in [7, 11) is 1.35. The number of nitrogens with zero attached hydrogens (tertiary/aromatic N) is 3. The molecule has 0 fully saturated rings. The van der Waals surface area contributed by atoms with E-state index in [1.165, 1.54) is 7.11 Å². The number of aromatic nitrogens is 3. The highest BCUT2D eigenvalue weighted by Crippen LogP contribution is 2.21. The molecule has 0 saturated carbocycles. The first kappa shape index (κ1) is 11.9. The van der Waals surface area contributed by atoms with Gasteiger partial charge in [0.25, 0.3) is 0 Å². The third kappa shape index (κ3) is 1.98. The van der Waals surface area contributed by atoms with E-state index in [0.29, 0.717) is 11.5 Å². The number of alkyl halides is 1. The van der Waals surface area contributed by atoms with Crippen LogP contribution in [-0.4, -0.2) is 27.6 Å². The number of halogens is 1. The van der Waals surface area contributed by atoms with Gasteiger partial charge in [-0.3, -0.25) is 4.57 Å². The summed E-state index contributed by atoms with van der Waals surface area (Å²) in [4.78, 5) is 20.1. The molecule has 6 heteroatoms. The molecule has 5 nitrogen and oxygen atoms in total. The molecule has 17 heavy (non-hydrogen) atoms. The lowest BCUT2D eigenvalue weighted by Crippen LogP contribution is -2.19. The second-order valence-corrected chi connectivity index (χ2v) is 3.84. The Kier molecular flexibility index (Phi) is 3.28. The molecular formula is C11H12ClN3O2. The molecule has 0 radical (unpaired) electrons. The van der Waals surface area contributed by atoms with Crippen LogP contribution in [0.3, 0.4) is 0 Å². The zero-order chi connectivity index (χ0) is 12.4. The molecule has 90 valence electrons.